The Labute approximate surface area is 203 Å². The van der Waals surface area contributed by atoms with E-state index >= 15 is 0 Å². The lowest BCUT2D eigenvalue weighted by Crippen LogP contribution is -2.62. The van der Waals surface area contributed by atoms with Crippen LogP contribution < -0.4 is 10.4 Å². The monoisotopic (exact) mass is 485 g/mol. The van der Waals surface area contributed by atoms with Crippen LogP contribution >= 0.6 is 0 Å². The van der Waals surface area contributed by atoms with Gasteiger partial charge in [-0.3, -0.25) is 14.6 Å². The molecule has 1 unspecified atom stereocenters. The number of carbonyl (C=O) groups excluding carboxylic acids is 2. The van der Waals surface area contributed by atoms with Gasteiger partial charge in [-0.1, -0.05) is 6.92 Å². The molecule has 2 aromatic heterocycles. The van der Waals surface area contributed by atoms with E-state index in [4.69, 9.17) is 18.6 Å². The number of hydrogen-bond acceptors (Lipinski definition) is 9. The summed E-state index contributed by atoms with van der Waals surface area (Å²) >= 11 is 0. The third-order valence-electron chi connectivity index (χ3n) is 7.57. The first-order valence-corrected chi connectivity index (χ1v) is 11.8. The predicted octanol–water partition coefficient (Wildman–Crippen LogP) is 3.58. The van der Waals surface area contributed by atoms with E-state index in [0.29, 0.717) is 24.8 Å². The molecular weight excluding hydrogens is 454 g/mol. The minimum Gasteiger partial charge on any atom is -0.482 e. The lowest BCUT2D eigenvalue weighted by Gasteiger charge is -2.54. The predicted molar refractivity (Wildman–Crippen MR) is 124 cm³/mol. The van der Waals surface area contributed by atoms with E-state index in [1.165, 1.54) is 13.8 Å². The number of aliphatic hydroxyl groups excluding tert-OH is 1. The van der Waals surface area contributed by atoms with Crippen molar-refractivity contribution in [1.82, 2.24) is 4.98 Å². The first-order valence-electron chi connectivity index (χ1n) is 11.8. The molecule has 0 bridgehead atoms. The van der Waals surface area contributed by atoms with E-state index < -0.39 is 46.9 Å². The second-order valence-electron chi connectivity index (χ2n) is 9.78. The molecule has 0 spiro atoms. The van der Waals surface area contributed by atoms with Gasteiger partial charge in [0.05, 0.1) is 6.10 Å². The number of hydrogen-bond donors (Lipinski definition) is 1. The van der Waals surface area contributed by atoms with Crippen molar-refractivity contribution >= 4 is 11.9 Å². The molecule has 35 heavy (non-hydrogen) atoms. The molecule has 0 aromatic carbocycles. The van der Waals surface area contributed by atoms with Gasteiger partial charge in [-0.05, 0) is 45.2 Å². The summed E-state index contributed by atoms with van der Waals surface area (Å²) in [5, 5.41) is 11.5. The smallest absolute Gasteiger partial charge is 0.345 e. The largest absolute Gasteiger partial charge is 0.482 e. The van der Waals surface area contributed by atoms with Gasteiger partial charge in [0, 0.05) is 49.7 Å². The highest BCUT2D eigenvalue weighted by atomic mass is 16.6. The van der Waals surface area contributed by atoms with Crippen molar-refractivity contribution in [3.8, 4) is 17.1 Å². The highest BCUT2D eigenvalue weighted by Gasteiger charge is 2.60. The molecule has 3 heterocycles. The van der Waals surface area contributed by atoms with Crippen LogP contribution in [0.25, 0.3) is 11.3 Å². The molecule has 2 aromatic rings. The van der Waals surface area contributed by atoms with E-state index in [1.807, 2.05) is 13.8 Å². The van der Waals surface area contributed by atoms with E-state index in [9.17, 15) is 19.5 Å². The van der Waals surface area contributed by atoms with E-state index in [2.05, 4.69) is 4.98 Å². The Hall–Kier alpha value is -3.20. The van der Waals surface area contributed by atoms with Crippen molar-refractivity contribution < 1.29 is 33.3 Å². The molecule has 9 nitrogen and oxygen atoms in total. The standard InChI is InChI=1S/C26H31NO8/c1-6-25(4,34-15(3)29)17-10-18-23(30)22-20(35-26(18,5)21(11-17)32-14(2)28)12-19(33-24(22)31)16-8-7-9-27-13-16/h7-9,12-13,17-18,21,23,30H,6,10-11H2,1-5H3/t17-,18-,21-,23-,25?,26-/m0/s1. The van der Waals surface area contributed by atoms with E-state index in [-0.39, 0.29) is 23.0 Å². The summed E-state index contributed by atoms with van der Waals surface area (Å²) in [4.78, 5) is 41.0. The summed E-state index contributed by atoms with van der Waals surface area (Å²) in [6.45, 7) is 8.20. The van der Waals surface area contributed by atoms with Crippen molar-refractivity contribution in [2.75, 3.05) is 0 Å². The number of nitrogens with zero attached hydrogens (tertiary/aromatic N) is 1. The molecule has 188 valence electrons. The molecule has 1 saturated carbocycles. The van der Waals surface area contributed by atoms with Crippen molar-refractivity contribution in [3.05, 3.63) is 46.6 Å². The first-order chi connectivity index (χ1) is 16.5. The van der Waals surface area contributed by atoms with Gasteiger partial charge >= 0.3 is 17.6 Å². The highest BCUT2D eigenvalue weighted by molar-refractivity contribution is 5.67. The minimum atomic E-state index is -1.23. The summed E-state index contributed by atoms with van der Waals surface area (Å²) in [5.74, 6) is -1.34. The van der Waals surface area contributed by atoms with Gasteiger partial charge in [0.1, 0.15) is 34.4 Å². The molecular formula is C26H31NO8. The molecule has 1 aliphatic carbocycles. The van der Waals surface area contributed by atoms with Gasteiger partial charge < -0.3 is 23.7 Å². The molecule has 9 heteroatoms. The molecule has 4 rings (SSSR count). The van der Waals surface area contributed by atoms with Crippen LogP contribution in [0.15, 0.2) is 39.8 Å². The fourth-order valence-corrected chi connectivity index (χ4v) is 5.51. The maximum atomic E-state index is 13.0. The molecule has 1 aliphatic heterocycles. The highest BCUT2D eigenvalue weighted by Crippen LogP contribution is 2.54. The lowest BCUT2D eigenvalue weighted by atomic mass is 9.61. The van der Waals surface area contributed by atoms with E-state index in [0.717, 1.165) is 0 Å². The number of esters is 2. The number of ether oxygens (including phenoxy) is 3. The fraction of sp³-hybridized carbons (Fsp3) is 0.538. The Bertz CT molecular complexity index is 1180. The zero-order valence-electron chi connectivity index (χ0n) is 20.6. The zero-order chi connectivity index (χ0) is 25.5. The van der Waals surface area contributed by atoms with Crippen LogP contribution in [-0.2, 0) is 19.1 Å². The summed E-state index contributed by atoms with van der Waals surface area (Å²) in [6, 6.07) is 5.02. The number of carbonyl (C=O) groups is 2. The maximum Gasteiger partial charge on any atom is 0.345 e. The van der Waals surface area contributed by atoms with Gasteiger partial charge in [0.15, 0.2) is 0 Å². The van der Waals surface area contributed by atoms with Crippen LogP contribution in [0.1, 0.15) is 65.5 Å². The normalized spacial score (nSPS) is 29.1. The van der Waals surface area contributed by atoms with Gasteiger partial charge in [0.25, 0.3) is 0 Å². The molecule has 6 atom stereocenters. The Morgan fingerprint density at radius 3 is 2.63 bits per heavy atom. The summed E-state index contributed by atoms with van der Waals surface area (Å²) < 4.78 is 23.3. The van der Waals surface area contributed by atoms with Gasteiger partial charge in [-0.25, -0.2) is 4.79 Å². The topological polar surface area (TPSA) is 125 Å². The van der Waals surface area contributed by atoms with Crippen molar-refractivity contribution in [2.24, 2.45) is 11.8 Å². The lowest BCUT2D eigenvalue weighted by molar-refractivity contribution is -0.209. The van der Waals surface area contributed by atoms with Crippen LogP contribution in [0.2, 0.25) is 0 Å². The number of aliphatic hydroxyl groups is 1. The van der Waals surface area contributed by atoms with Crippen molar-refractivity contribution in [2.45, 2.75) is 77.3 Å². The Balaban J connectivity index is 1.79. The van der Waals surface area contributed by atoms with Gasteiger partial charge in [0.2, 0.25) is 0 Å². The minimum absolute atomic E-state index is 0.0213. The zero-order valence-corrected chi connectivity index (χ0v) is 20.6. The number of pyridine rings is 1. The molecule has 1 fully saturated rings. The van der Waals surface area contributed by atoms with Gasteiger partial charge in [-0.15, -0.1) is 0 Å². The number of aromatic nitrogens is 1. The SMILES string of the molecule is CCC(C)(OC(C)=O)[C@@H]1C[C@H](OC(C)=O)[C@@]2(C)Oc3cc(-c4cccnc4)oc(=O)c3[C@@H](O)[C@@H]2C1. The molecule has 0 amide bonds. The first kappa shape index (κ1) is 24.9. The molecule has 1 N–H and O–H groups in total. The maximum absolute atomic E-state index is 13.0. The van der Waals surface area contributed by atoms with Crippen LogP contribution in [0.5, 0.6) is 5.75 Å². The number of rotatable bonds is 5. The third kappa shape index (κ3) is 4.45. The summed E-state index contributed by atoms with van der Waals surface area (Å²) in [7, 11) is 0. The van der Waals surface area contributed by atoms with E-state index in [1.54, 1.807) is 37.5 Å². The second kappa shape index (κ2) is 9.11. The summed E-state index contributed by atoms with van der Waals surface area (Å²) in [6.07, 6.45) is 2.46. The van der Waals surface area contributed by atoms with Crippen LogP contribution in [-0.4, -0.2) is 39.3 Å². The van der Waals surface area contributed by atoms with Crippen LogP contribution in [0.3, 0.4) is 0 Å². The average molecular weight is 486 g/mol. The Kier molecular flexibility index (Phi) is 6.48. The second-order valence-corrected chi connectivity index (χ2v) is 9.78. The summed E-state index contributed by atoms with van der Waals surface area (Å²) in [5.41, 5.74) is -2.08. The quantitative estimate of drug-likeness (QED) is 0.633. The molecule has 2 aliphatic rings. The Morgan fingerprint density at radius 2 is 2.03 bits per heavy atom. The third-order valence-corrected chi connectivity index (χ3v) is 7.57. The van der Waals surface area contributed by atoms with Crippen LogP contribution in [0.4, 0.5) is 0 Å². The number of fused-ring (bicyclic) bond motifs is 2. The van der Waals surface area contributed by atoms with Crippen molar-refractivity contribution in [3.63, 3.8) is 0 Å². The van der Waals surface area contributed by atoms with Crippen LogP contribution in [0, 0.1) is 11.8 Å². The Morgan fingerprint density at radius 1 is 1.29 bits per heavy atom. The average Bonchev–Trinajstić information content (AvgIpc) is 2.79. The molecule has 0 radical (unpaired) electrons. The van der Waals surface area contributed by atoms with Crippen molar-refractivity contribution in [1.29, 1.82) is 0 Å². The fourth-order valence-electron chi connectivity index (χ4n) is 5.51. The molecule has 0 saturated heterocycles. The van der Waals surface area contributed by atoms with Gasteiger partial charge in [-0.2, -0.15) is 0 Å².